The van der Waals surface area contributed by atoms with Crippen molar-refractivity contribution in [3.05, 3.63) is 71.5 Å². The lowest BCUT2D eigenvalue weighted by Crippen LogP contribution is -2.42. The average Bonchev–Trinajstić information content (AvgIpc) is 2.47. The Morgan fingerprint density at radius 3 is 2.32 bits per heavy atom. The molecule has 0 aliphatic rings. The highest BCUT2D eigenvalue weighted by Gasteiger charge is 2.24. The molecule has 100 valence electrons. The maximum Gasteiger partial charge on any atom is 0.127 e. The standard InChI is InChI=1S/C16H18FNO/c1-16(12-19,14-8-3-2-4-9-14)18-11-13-7-5-6-10-15(13)17/h2-10,18-19H,11-12H2,1H3. The Labute approximate surface area is 112 Å². The fourth-order valence-corrected chi connectivity index (χ4v) is 1.99. The molecule has 1 unspecified atom stereocenters. The van der Waals surface area contributed by atoms with E-state index in [2.05, 4.69) is 5.32 Å². The molecule has 0 saturated heterocycles. The summed E-state index contributed by atoms with van der Waals surface area (Å²) in [5.41, 5.74) is 0.996. The summed E-state index contributed by atoms with van der Waals surface area (Å²) >= 11 is 0. The Morgan fingerprint density at radius 1 is 1.05 bits per heavy atom. The maximum atomic E-state index is 13.6. The number of benzene rings is 2. The van der Waals surface area contributed by atoms with Crippen LogP contribution in [0.15, 0.2) is 54.6 Å². The van der Waals surface area contributed by atoms with Gasteiger partial charge in [-0.15, -0.1) is 0 Å². The third-order valence-corrected chi connectivity index (χ3v) is 3.35. The SMILES string of the molecule is CC(CO)(NCc1ccccc1F)c1ccccc1. The molecule has 2 aromatic carbocycles. The van der Waals surface area contributed by atoms with Crippen molar-refractivity contribution < 1.29 is 9.50 Å². The predicted molar refractivity (Wildman–Crippen MR) is 74.1 cm³/mol. The zero-order valence-corrected chi connectivity index (χ0v) is 10.9. The Morgan fingerprint density at radius 2 is 1.68 bits per heavy atom. The van der Waals surface area contributed by atoms with Crippen LogP contribution in [0.3, 0.4) is 0 Å². The first kappa shape index (κ1) is 13.7. The van der Waals surface area contributed by atoms with E-state index in [1.807, 2.05) is 37.3 Å². The highest BCUT2D eigenvalue weighted by Crippen LogP contribution is 2.20. The van der Waals surface area contributed by atoms with Gasteiger partial charge in [-0.2, -0.15) is 0 Å². The van der Waals surface area contributed by atoms with Crippen LogP contribution in [0.4, 0.5) is 4.39 Å². The van der Waals surface area contributed by atoms with Crippen molar-refractivity contribution in [3.8, 4) is 0 Å². The molecule has 2 N–H and O–H groups in total. The maximum absolute atomic E-state index is 13.6. The quantitative estimate of drug-likeness (QED) is 0.865. The predicted octanol–water partition coefficient (Wildman–Crippen LogP) is 2.82. The summed E-state index contributed by atoms with van der Waals surface area (Å²) in [6, 6.07) is 16.3. The lowest BCUT2D eigenvalue weighted by molar-refractivity contribution is 0.173. The molecule has 0 aliphatic carbocycles. The summed E-state index contributed by atoms with van der Waals surface area (Å²) in [5.74, 6) is -0.233. The zero-order chi connectivity index (χ0) is 13.7. The third kappa shape index (κ3) is 3.19. The number of aliphatic hydroxyl groups excluding tert-OH is 1. The number of hydrogen-bond acceptors (Lipinski definition) is 2. The molecule has 0 fully saturated rings. The van der Waals surface area contributed by atoms with Crippen molar-refractivity contribution in [1.82, 2.24) is 5.32 Å². The van der Waals surface area contributed by atoms with E-state index in [0.717, 1.165) is 5.56 Å². The Hall–Kier alpha value is -1.71. The van der Waals surface area contributed by atoms with Gasteiger partial charge in [0, 0.05) is 12.1 Å². The lowest BCUT2D eigenvalue weighted by atomic mass is 9.92. The van der Waals surface area contributed by atoms with Crippen LogP contribution in [0.25, 0.3) is 0 Å². The summed E-state index contributed by atoms with van der Waals surface area (Å²) in [7, 11) is 0. The molecule has 0 saturated carbocycles. The normalized spacial score (nSPS) is 14.1. The van der Waals surface area contributed by atoms with E-state index < -0.39 is 5.54 Å². The van der Waals surface area contributed by atoms with E-state index in [1.165, 1.54) is 6.07 Å². The van der Waals surface area contributed by atoms with Crippen LogP contribution in [0.2, 0.25) is 0 Å². The lowest BCUT2D eigenvalue weighted by Gasteiger charge is -2.29. The van der Waals surface area contributed by atoms with Crippen molar-refractivity contribution in [2.75, 3.05) is 6.61 Å². The molecule has 19 heavy (non-hydrogen) atoms. The molecular weight excluding hydrogens is 241 g/mol. The van der Waals surface area contributed by atoms with Crippen LogP contribution >= 0.6 is 0 Å². The van der Waals surface area contributed by atoms with Crippen molar-refractivity contribution in [3.63, 3.8) is 0 Å². The smallest absolute Gasteiger partial charge is 0.127 e. The molecule has 0 aromatic heterocycles. The molecule has 0 radical (unpaired) electrons. The Bertz CT molecular complexity index is 529. The van der Waals surface area contributed by atoms with Gasteiger partial charge < -0.3 is 10.4 Å². The molecular formula is C16H18FNO. The van der Waals surface area contributed by atoms with Crippen molar-refractivity contribution in [2.24, 2.45) is 0 Å². The van der Waals surface area contributed by atoms with Crippen molar-refractivity contribution in [2.45, 2.75) is 19.0 Å². The van der Waals surface area contributed by atoms with Gasteiger partial charge in [0.15, 0.2) is 0 Å². The minimum Gasteiger partial charge on any atom is -0.394 e. The first-order valence-corrected chi connectivity index (χ1v) is 6.30. The van der Waals surface area contributed by atoms with Gasteiger partial charge in [-0.1, -0.05) is 48.5 Å². The first-order valence-electron chi connectivity index (χ1n) is 6.30. The van der Waals surface area contributed by atoms with Crippen LogP contribution in [0.5, 0.6) is 0 Å². The molecule has 0 bridgehead atoms. The van der Waals surface area contributed by atoms with Crippen LogP contribution in [-0.2, 0) is 12.1 Å². The number of halogens is 1. The molecule has 0 aliphatic heterocycles. The fourth-order valence-electron chi connectivity index (χ4n) is 1.99. The van der Waals surface area contributed by atoms with Crippen LogP contribution < -0.4 is 5.32 Å². The van der Waals surface area contributed by atoms with Gasteiger partial charge >= 0.3 is 0 Å². The van der Waals surface area contributed by atoms with E-state index in [1.54, 1.807) is 18.2 Å². The molecule has 0 heterocycles. The Kier molecular flexibility index (Phi) is 4.30. The van der Waals surface area contributed by atoms with Gasteiger partial charge in [-0.25, -0.2) is 4.39 Å². The number of aliphatic hydroxyl groups is 1. The Balaban J connectivity index is 2.14. The highest BCUT2D eigenvalue weighted by molar-refractivity contribution is 5.25. The molecule has 0 amide bonds. The molecule has 1 atom stereocenters. The summed E-state index contributed by atoms with van der Waals surface area (Å²) in [6.45, 7) is 2.23. The number of rotatable bonds is 5. The molecule has 3 heteroatoms. The minimum absolute atomic E-state index is 0.0501. The highest BCUT2D eigenvalue weighted by atomic mass is 19.1. The summed E-state index contributed by atoms with van der Waals surface area (Å²) in [5, 5.41) is 12.9. The van der Waals surface area contributed by atoms with Crippen molar-refractivity contribution in [1.29, 1.82) is 0 Å². The largest absolute Gasteiger partial charge is 0.394 e. The monoisotopic (exact) mass is 259 g/mol. The topological polar surface area (TPSA) is 32.3 Å². The van der Waals surface area contributed by atoms with Crippen LogP contribution in [0.1, 0.15) is 18.1 Å². The number of nitrogens with one attached hydrogen (secondary N) is 1. The van der Waals surface area contributed by atoms with Gasteiger partial charge in [0.25, 0.3) is 0 Å². The minimum atomic E-state index is -0.580. The van der Waals surface area contributed by atoms with Gasteiger partial charge in [0.2, 0.25) is 0 Å². The second-order valence-electron chi connectivity index (χ2n) is 4.80. The second kappa shape index (κ2) is 5.95. The van der Waals surface area contributed by atoms with E-state index in [-0.39, 0.29) is 12.4 Å². The van der Waals surface area contributed by atoms with E-state index in [0.29, 0.717) is 12.1 Å². The van der Waals surface area contributed by atoms with E-state index >= 15 is 0 Å². The van der Waals surface area contributed by atoms with Crippen LogP contribution in [0, 0.1) is 5.82 Å². The summed E-state index contributed by atoms with van der Waals surface area (Å²) in [4.78, 5) is 0. The number of hydrogen-bond donors (Lipinski definition) is 2. The van der Waals surface area contributed by atoms with Crippen LogP contribution in [-0.4, -0.2) is 11.7 Å². The van der Waals surface area contributed by atoms with E-state index in [4.69, 9.17) is 0 Å². The third-order valence-electron chi connectivity index (χ3n) is 3.35. The van der Waals surface area contributed by atoms with E-state index in [9.17, 15) is 9.50 Å². The van der Waals surface area contributed by atoms with Gasteiger partial charge in [0.05, 0.1) is 12.1 Å². The zero-order valence-electron chi connectivity index (χ0n) is 10.9. The fraction of sp³-hybridized carbons (Fsp3) is 0.250. The molecule has 2 aromatic rings. The second-order valence-corrected chi connectivity index (χ2v) is 4.80. The van der Waals surface area contributed by atoms with Gasteiger partial charge in [-0.05, 0) is 18.6 Å². The molecule has 2 rings (SSSR count). The van der Waals surface area contributed by atoms with Gasteiger partial charge in [-0.3, -0.25) is 0 Å². The average molecular weight is 259 g/mol. The summed E-state index contributed by atoms with van der Waals surface area (Å²) < 4.78 is 13.6. The van der Waals surface area contributed by atoms with Gasteiger partial charge in [0.1, 0.15) is 5.82 Å². The first-order chi connectivity index (χ1) is 9.15. The van der Waals surface area contributed by atoms with Crippen molar-refractivity contribution >= 4 is 0 Å². The molecule has 2 nitrogen and oxygen atoms in total. The summed E-state index contributed by atoms with van der Waals surface area (Å²) in [6.07, 6.45) is 0. The molecule has 0 spiro atoms.